The number of benzene rings is 1. The lowest BCUT2D eigenvalue weighted by Gasteiger charge is -2.16. The van der Waals surface area contributed by atoms with Crippen molar-refractivity contribution >= 4 is 11.8 Å². The summed E-state index contributed by atoms with van der Waals surface area (Å²) in [6, 6.07) is 7.36. The highest BCUT2D eigenvalue weighted by atomic mass is 32.2. The van der Waals surface area contributed by atoms with Crippen molar-refractivity contribution in [2.24, 2.45) is 0 Å². The Morgan fingerprint density at radius 3 is 3.07 bits per heavy atom. The number of thioether (sulfide) groups is 1. The quantitative estimate of drug-likeness (QED) is 0.759. The van der Waals surface area contributed by atoms with E-state index in [9.17, 15) is 0 Å². The lowest BCUT2D eigenvalue weighted by atomic mass is 10.0. The van der Waals surface area contributed by atoms with E-state index in [0.717, 1.165) is 0 Å². The lowest BCUT2D eigenvalue weighted by molar-refractivity contribution is 0.541. The van der Waals surface area contributed by atoms with Crippen LogP contribution in [0.25, 0.3) is 0 Å². The second-order valence-electron chi connectivity index (χ2n) is 3.87. The number of nitrogens with one attached hydrogen (secondary N) is 1. The van der Waals surface area contributed by atoms with E-state index in [0.29, 0.717) is 6.04 Å². The van der Waals surface area contributed by atoms with Crippen molar-refractivity contribution in [1.29, 1.82) is 0 Å². The van der Waals surface area contributed by atoms with Gasteiger partial charge in [-0.1, -0.05) is 17.7 Å². The van der Waals surface area contributed by atoms with E-state index in [1.807, 2.05) is 11.8 Å². The number of hydrogen-bond acceptors (Lipinski definition) is 2. The standard InChI is InChI=1S/C12H17NS/c1-9-5-6-12-10(8-9)11(13-2)4-3-7-14-12/h5-6,8,11,13H,3-4,7H2,1-2H3. The zero-order chi connectivity index (χ0) is 9.97. The van der Waals surface area contributed by atoms with Gasteiger partial charge < -0.3 is 5.32 Å². The fourth-order valence-electron chi connectivity index (χ4n) is 2.00. The smallest absolute Gasteiger partial charge is 0.0329 e. The van der Waals surface area contributed by atoms with Crippen molar-refractivity contribution in [3.8, 4) is 0 Å². The molecule has 0 fully saturated rings. The fourth-order valence-corrected chi connectivity index (χ4v) is 3.06. The number of fused-ring (bicyclic) bond motifs is 1. The normalized spacial score (nSPS) is 21.4. The first-order valence-electron chi connectivity index (χ1n) is 5.22. The SMILES string of the molecule is CNC1CCCSc2ccc(C)cc21. The van der Waals surface area contributed by atoms with Crippen molar-refractivity contribution in [2.45, 2.75) is 30.7 Å². The molecule has 0 spiro atoms. The average Bonchev–Trinajstić information content (AvgIpc) is 2.39. The van der Waals surface area contributed by atoms with Crippen LogP contribution in [0.15, 0.2) is 23.1 Å². The minimum Gasteiger partial charge on any atom is -0.313 e. The second kappa shape index (κ2) is 4.37. The van der Waals surface area contributed by atoms with E-state index in [-0.39, 0.29) is 0 Å². The van der Waals surface area contributed by atoms with Crippen LogP contribution in [0.3, 0.4) is 0 Å². The summed E-state index contributed by atoms with van der Waals surface area (Å²) in [5.41, 5.74) is 2.86. The molecule has 1 aliphatic rings. The van der Waals surface area contributed by atoms with Gasteiger partial charge in [0.2, 0.25) is 0 Å². The Labute approximate surface area is 90.3 Å². The number of rotatable bonds is 1. The highest BCUT2D eigenvalue weighted by Gasteiger charge is 2.17. The largest absolute Gasteiger partial charge is 0.313 e. The molecule has 1 aromatic rings. The number of hydrogen-bond donors (Lipinski definition) is 1. The minimum absolute atomic E-state index is 0.555. The highest BCUT2D eigenvalue weighted by molar-refractivity contribution is 7.99. The first-order valence-corrected chi connectivity index (χ1v) is 6.20. The summed E-state index contributed by atoms with van der Waals surface area (Å²) in [7, 11) is 2.06. The molecule has 76 valence electrons. The summed E-state index contributed by atoms with van der Waals surface area (Å²) >= 11 is 2.00. The van der Waals surface area contributed by atoms with Crippen molar-refractivity contribution in [2.75, 3.05) is 12.8 Å². The Balaban J connectivity index is 2.40. The molecule has 1 aromatic carbocycles. The van der Waals surface area contributed by atoms with Gasteiger partial charge in [0.15, 0.2) is 0 Å². The van der Waals surface area contributed by atoms with Crippen LogP contribution in [0.2, 0.25) is 0 Å². The fraction of sp³-hybridized carbons (Fsp3) is 0.500. The molecule has 0 aromatic heterocycles. The van der Waals surface area contributed by atoms with E-state index in [4.69, 9.17) is 0 Å². The summed E-state index contributed by atoms with van der Waals surface area (Å²) in [5, 5.41) is 3.41. The molecule has 0 saturated carbocycles. The van der Waals surface area contributed by atoms with Gasteiger partial charge >= 0.3 is 0 Å². The Bertz CT molecular complexity index is 322. The predicted octanol–water partition coefficient (Wildman–Crippen LogP) is 3.14. The zero-order valence-electron chi connectivity index (χ0n) is 8.84. The van der Waals surface area contributed by atoms with Crippen molar-refractivity contribution in [1.82, 2.24) is 5.32 Å². The Morgan fingerprint density at radius 1 is 1.43 bits per heavy atom. The molecule has 0 amide bonds. The summed E-state index contributed by atoms with van der Waals surface area (Å²) in [6.45, 7) is 2.17. The summed E-state index contributed by atoms with van der Waals surface area (Å²) in [5.74, 6) is 1.26. The molecule has 1 nitrogen and oxygen atoms in total. The lowest BCUT2D eigenvalue weighted by Crippen LogP contribution is -2.16. The van der Waals surface area contributed by atoms with E-state index in [2.05, 4.69) is 37.5 Å². The van der Waals surface area contributed by atoms with E-state index < -0.39 is 0 Å². The highest BCUT2D eigenvalue weighted by Crippen LogP contribution is 2.34. The molecule has 1 N–H and O–H groups in total. The molecule has 1 aliphatic heterocycles. The van der Waals surface area contributed by atoms with Crippen LogP contribution in [0, 0.1) is 6.92 Å². The molecule has 1 heterocycles. The molecule has 2 rings (SSSR count). The summed E-state index contributed by atoms with van der Waals surface area (Å²) in [4.78, 5) is 1.47. The topological polar surface area (TPSA) is 12.0 Å². The second-order valence-corrected chi connectivity index (χ2v) is 5.01. The monoisotopic (exact) mass is 207 g/mol. The molecule has 1 unspecified atom stereocenters. The van der Waals surface area contributed by atoms with Gasteiger partial charge in [-0.2, -0.15) is 0 Å². The third-order valence-electron chi connectivity index (χ3n) is 2.78. The van der Waals surface area contributed by atoms with Gasteiger partial charge in [-0.3, -0.25) is 0 Å². The molecule has 2 heteroatoms. The van der Waals surface area contributed by atoms with Gasteiger partial charge in [0.25, 0.3) is 0 Å². The predicted molar refractivity (Wildman–Crippen MR) is 62.9 cm³/mol. The van der Waals surface area contributed by atoms with Crippen LogP contribution >= 0.6 is 11.8 Å². The van der Waals surface area contributed by atoms with Gasteiger partial charge in [0.1, 0.15) is 0 Å². The first kappa shape index (κ1) is 10.1. The van der Waals surface area contributed by atoms with Crippen molar-refractivity contribution in [3.63, 3.8) is 0 Å². The van der Waals surface area contributed by atoms with E-state index in [1.54, 1.807) is 0 Å². The van der Waals surface area contributed by atoms with Gasteiger partial charge in [-0.05, 0) is 44.2 Å². The van der Waals surface area contributed by atoms with Gasteiger partial charge in [0, 0.05) is 10.9 Å². The van der Waals surface area contributed by atoms with E-state index >= 15 is 0 Å². The Kier molecular flexibility index (Phi) is 3.14. The molecule has 1 atom stereocenters. The minimum atomic E-state index is 0.555. The van der Waals surface area contributed by atoms with Crippen LogP contribution < -0.4 is 5.32 Å². The molecule has 0 aliphatic carbocycles. The average molecular weight is 207 g/mol. The van der Waals surface area contributed by atoms with Crippen molar-refractivity contribution in [3.05, 3.63) is 29.3 Å². The molecule has 0 bridgehead atoms. The maximum atomic E-state index is 3.41. The van der Waals surface area contributed by atoms with E-state index in [1.165, 1.54) is 34.6 Å². The van der Waals surface area contributed by atoms with Crippen LogP contribution in [-0.2, 0) is 0 Å². The zero-order valence-corrected chi connectivity index (χ0v) is 9.66. The number of aryl methyl sites for hydroxylation is 1. The van der Waals surface area contributed by atoms with Crippen LogP contribution in [0.5, 0.6) is 0 Å². The van der Waals surface area contributed by atoms with Gasteiger partial charge in [0.05, 0.1) is 0 Å². The van der Waals surface area contributed by atoms with Crippen LogP contribution in [-0.4, -0.2) is 12.8 Å². The first-order chi connectivity index (χ1) is 6.81. The molecule has 0 saturated heterocycles. The summed E-state index contributed by atoms with van der Waals surface area (Å²) < 4.78 is 0. The molecular formula is C12H17NS. The summed E-state index contributed by atoms with van der Waals surface area (Å²) in [6.07, 6.45) is 2.57. The molecular weight excluding hydrogens is 190 g/mol. The van der Waals surface area contributed by atoms with Crippen LogP contribution in [0.1, 0.15) is 30.0 Å². The third-order valence-corrected chi connectivity index (χ3v) is 3.96. The Hall–Kier alpha value is -0.470. The van der Waals surface area contributed by atoms with Crippen molar-refractivity contribution < 1.29 is 0 Å². The van der Waals surface area contributed by atoms with Crippen LogP contribution in [0.4, 0.5) is 0 Å². The maximum Gasteiger partial charge on any atom is 0.0329 e. The molecule has 14 heavy (non-hydrogen) atoms. The molecule has 0 radical (unpaired) electrons. The Morgan fingerprint density at radius 2 is 2.29 bits per heavy atom. The van der Waals surface area contributed by atoms with Gasteiger partial charge in [-0.25, -0.2) is 0 Å². The maximum absolute atomic E-state index is 3.41. The van der Waals surface area contributed by atoms with Gasteiger partial charge in [-0.15, -0.1) is 11.8 Å². The third kappa shape index (κ3) is 1.96.